The van der Waals surface area contributed by atoms with Crippen LogP contribution in [0.2, 0.25) is 0 Å². The van der Waals surface area contributed by atoms with E-state index in [0.29, 0.717) is 12.3 Å². The monoisotopic (exact) mass is 592 g/mol. The Bertz CT molecular complexity index is 1240. The van der Waals surface area contributed by atoms with Gasteiger partial charge in [0.2, 0.25) is 18.0 Å². The van der Waals surface area contributed by atoms with E-state index in [4.69, 9.17) is 24.0 Å². The summed E-state index contributed by atoms with van der Waals surface area (Å²) in [6.45, 7) is 5.90. The van der Waals surface area contributed by atoms with Crippen LogP contribution in [0.15, 0.2) is 24.3 Å². The second-order valence-corrected chi connectivity index (χ2v) is 11.9. The molecule has 6 rings (SSSR count). The van der Waals surface area contributed by atoms with E-state index >= 15 is 0 Å². The van der Waals surface area contributed by atoms with Crippen LogP contribution in [-0.2, 0) is 38.4 Å². The van der Waals surface area contributed by atoms with Gasteiger partial charge in [0.05, 0.1) is 11.3 Å². The van der Waals surface area contributed by atoms with Crippen LogP contribution in [0.5, 0.6) is 0 Å². The lowest BCUT2D eigenvalue weighted by atomic mass is 9.58. The summed E-state index contributed by atoms with van der Waals surface area (Å²) in [6, 6.07) is 3.01. The molecule has 1 amide bonds. The number of nitrogens with one attached hydrogen (secondary N) is 1. The van der Waals surface area contributed by atoms with Gasteiger partial charge in [-0.2, -0.15) is 0 Å². The zero-order chi connectivity index (χ0) is 30.4. The molecular formula is C28H36N2O12. The summed E-state index contributed by atoms with van der Waals surface area (Å²) in [5, 5.41) is 33.3. The largest absolute Gasteiger partial charge is 0.480 e. The Kier molecular flexibility index (Phi) is 8.29. The van der Waals surface area contributed by atoms with E-state index in [9.17, 15) is 34.7 Å². The lowest BCUT2D eigenvalue weighted by Gasteiger charge is -2.59. The van der Waals surface area contributed by atoms with Crippen LogP contribution in [-0.4, -0.2) is 63.0 Å². The normalized spacial score (nSPS) is 36.6. The van der Waals surface area contributed by atoms with Crippen molar-refractivity contribution in [2.24, 2.45) is 23.7 Å². The number of fused-ring (bicyclic) bond motifs is 2. The smallest absolute Gasteiger partial charge is 0.329 e. The fourth-order valence-electron chi connectivity index (χ4n) is 6.95. The molecule has 5 fully saturated rings. The quantitative estimate of drug-likeness (QED) is 0.165. The zero-order valence-electron chi connectivity index (χ0n) is 23.6. The minimum Gasteiger partial charge on any atom is -0.480 e. The first-order valence-electron chi connectivity index (χ1n) is 14.2. The summed E-state index contributed by atoms with van der Waals surface area (Å²) >= 11 is 0. The number of benzene rings is 1. The summed E-state index contributed by atoms with van der Waals surface area (Å²) in [6.07, 6.45) is -1.06. The summed E-state index contributed by atoms with van der Waals surface area (Å²) in [7, 11) is 0. The van der Waals surface area contributed by atoms with Crippen molar-refractivity contribution < 1.29 is 53.5 Å². The van der Waals surface area contributed by atoms with E-state index in [-0.39, 0.29) is 35.4 Å². The van der Waals surface area contributed by atoms with Gasteiger partial charge in [-0.15, -0.1) is 0 Å². The number of carboxylic acids is 1. The van der Waals surface area contributed by atoms with Gasteiger partial charge in [-0.25, -0.2) is 14.6 Å². The number of aliphatic hydroxyl groups is 1. The highest BCUT2D eigenvalue weighted by Crippen LogP contribution is 2.60. The zero-order valence-corrected chi connectivity index (χ0v) is 23.6. The molecule has 0 aromatic heterocycles. The first kappa shape index (κ1) is 30.3. The molecule has 0 radical (unpaired) electrons. The van der Waals surface area contributed by atoms with Crippen molar-refractivity contribution in [2.45, 2.75) is 95.4 Å². The molecule has 14 heteroatoms. The third-order valence-corrected chi connectivity index (χ3v) is 9.22. The summed E-state index contributed by atoms with van der Waals surface area (Å²) < 4.78 is 18.1. The van der Waals surface area contributed by atoms with Crippen LogP contribution in [0.3, 0.4) is 0 Å². The number of aliphatic hydroxyl groups excluding tert-OH is 1. The average Bonchev–Trinajstić information content (AvgIpc) is 3.18. The molecule has 4 heterocycles. The summed E-state index contributed by atoms with van der Waals surface area (Å²) in [5.41, 5.74) is -1.22. The maximum Gasteiger partial charge on any atom is 0.329 e. The number of nitro groups is 1. The Morgan fingerprint density at radius 2 is 1.93 bits per heavy atom. The van der Waals surface area contributed by atoms with Gasteiger partial charge in [-0.05, 0) is 43.6 Å². The molecule has 4 aliphatic heterocycles. The van der Waals surface area contributed by atoms with Crippen LogP contribution >= 0.6 is 0 Å². The molecule has 14 nitrogen and oxygen atoms in total. The first-order valence-corrected chi connectivity index (χ1v) is 14.2. The number of nitrogens with zero attached hydrogens (tertiary/aromatic N) is 1. The number of amides is 1. The predicted molar refractivity (Wildman–Crippen MR) is 140 cm³/mol. The Morgan fingerprint density at radius 3 is 2.64 bits per heavy atom. The van der Waals surface area contributed by atoms with E-state index in [1.807, 2.05) is 6.92 Å². The number of non-ortho nitro benzene ring substituents is 1. The number of esters is 1. The lowest BCUT2D eigenvalue weighted by molar-refractivity contribution is -0.576. The number of nitro benzene ring substituents is 1. The van der Waals surface area contributed by atoms with E-state index in [1.165, 1.54) is 18.2 Å². The number of ether oxygens (including phenoxy) is 3. The SMILES string of the molecule is C[C@H]1[C@H](OC(=O)CCC(=O)N[C@H](C(=O)O)[C@H](O)c2cccc([N+](=O)[O-])c2)O[C@@H]2O[C@@]3(C)CC[C@H]4[C@H](C)CC[C@@H]1[C@@]24OO3. The summed E-state index contributed by atoms with van der Waals surface area (Å²) in [5.74, 6) is -3.90. The number of rotatable bonds is 9. The van der Waals surface area contributed by atoms with E-state index in [2.05, 4.69) is 12.2 Å². The van der Waals surface area contributed by atoms with E-state index in [0.717, 1.165) is 25.3 Å². The van der Waals surface area contributed by atoms with Crippen molar-refractivity contribution >= 4 is 23.5 Å². The molecule has 1 aromatic rings. The first-order chi connectivity index (χ1) is 19.8. The third kappa shape index (κ3) is 5.49. The van der Waals surface area contributed by atoms with Crippen molar-refractivity contribution in [3.05, 3.63) is 39.9 Å². The minimum absolute atomic E-state index is 0.0606. The van der Waals surface area contributed by atoms with Crippen LogP contribution in [0.1, 0.15) is 71.0 Å². The van der Waals surface area contributed by atoms with Crippen molar-refractivity contribution in [1.29, 1.82) is 0 Å². The van der Waals surface area contributed by atoms with Crippen molar-refractivity contribution in [2.75, 3.05) is 0 Å². The van der Waals surface area contributed by atoms with Gasteiger partial charge in [0.1, 0.15) is 6.10 Å². The number of hydrogen-bond acceptors (Lipinski definition) is 11. The second kappa shape index (κ2) is 11.5. The topological polar surface area (TPSA) is 193 Å². The molecular weight excluding hydrogens is 556 g/mol. The number of carboxylic acid groups (broad SMARTS) is 1. The molecule has 3 N–H and O–H groups in total. The van der Waals surface area contributed by atoms with Gasteiger partial charge >= 0.3 is 11.9 Å². The summed E-state index contributed by atoms with van der Waals surface area (Å²) in [4.78, 5) is 59.3. The highest BCUT2D eigenvalue weighted by Gasteiger charge is 2.69. The highest BCUT2D eigenvalue weighted by molar-refractivity contribution is 5.86. The molecule has 0 unspecified atom stereocenters. The Labute approximate surface area is 241 Å². The molecule has 1 aromatic carbocycles. The van der Waals surface area contributed by atoms with Gasteiger partial charge in [-0.3, -0.25) is 19.7 Å². The lowest BCUT2D eigenvalue weighted by Crippen LogP contribution is -2.70. The van der Waals surface area contributed by atoms with E-state index in [1.54, 1.807) is 6.92 Å². The number of carbonyl (C=O) groups is 3. The fraction of sp³-hybridized carbons (Fsp3) is 0.679. The minimum atomic E-state index is -1.80. The molecule has 230 valence electrons. The molecule has 10 atom stereocenters. The number of carbonyl (C=O) groups excluding carboxylic acids is 2. The van der Waals surface area contributed by atoms with Crippen molar-refractivity contribution in [3.8, 4) is 0 Å². The van der Waals surface area contributed by atoms with E-state index < -0.39 is 65.3 Å². The average molecular weight is 593 g/mol. The Balaban J connectivity index is 1.20. The maximum atomic E-state index is 12.8. The molecule has 1 aliphatic carbocycles. The fourth-order valence-corrected chi connectivity index (χ4v) is 6.95. The number of hydrogen-bond donors (Lipinski definition) is 3. The Hall–Kier alpha value is -3.17. The molecule has 42 heavy (non-hydrogen) atoms. The highest BCUT2D eigenvalue weighted by atomic mass is 17.3. The molecule has 4 saturated heterocycles. The van der Waals surface area contributed by atoms with Crippen LogP contribution in [0, 0.1) is 33.8 Å². The molecule has 1 saturated carbocycles. The predicted octanol–water partition coefficient (Wildman–Crippen LogP) is 2.73. The maximum absolute atomic E-state index is 12.8. The Morgan fingerprint density at radius 1 is 1.17 bits per heavy atom. The van der Waals surface area contributed by atoms with Gasteiger partial charge in [0.15, 0.2) is 17.9 Å². The van der Waals surface area contributed by atoms with Crippen LogP contribution in [0.25, 0.3) is 0 Å². The molecule has 1 spiro atoms. The number of aliphatic carboxylic acids is 1. The van der Waals surface area contributed by atoms with Gasteiger partial charge in [0.25, 0.3) is 5.69 Å². The molecule has 5 aliphatic rings. The van der Waals surface area contributed by atoms with Gasteiger partial charge in [0, 0.05) is 36.8 Å². The second-order valence-electron chi connectivity index (χ2n) is 11.9. The van der Waals surface area contributed by atoms with Gasteiger partial charge < -0.3 is 29.7 Å². The molecule has 2 bridgehead atoms. The van der Waals surface area contributed by atoms with Crippen molar-refractivity contribution in [3.63, 3.8) is 0 Å². The third-order valence-electron chi connectivity index (χ3n) is 9.22. The van der Waals surface area contributed by atoms with Gasteiger partial charge in [-0.1, -0.05) is 26.0 Å². The standard InChI is InChI=1S/C28H36N2O12/c1-14-7-8-19-15(2)25(39-26-28(19)18(14)11-12-27(3,40-26)41-42-28)38-21(32)10-9-20(31)29-22(24(34)35)23(33)16-5-4-6-17(13-16)30(36)37/h4-6,13-15,18-19,22-23,25-26,33H,7-12H2,1-3H3,(H,29,31)(H,34,35)/t14-,15-,18+,19+,22+,23-,25-,26-,27-,28-/m1/s1. The van der Waals surface area contributed by atoms with Crippen LogP contribution < -0.4 is 5.32 Å². The van der Waals surface area contributed by atoms with Crippen LogP contribution in [0.4, 0.5) is 5.69 Å². The van der Waals surface area contributed by atoms with Crippen molar-refractivity contribution in [1.82, 2.24) is 5.32 Å².